The molecule has 0 amide bonds. The van der Waals surface area contributed by atoms with Crippen LogP contribution in [0.2, 0.25) is 0 Å². The SMILES string of the molecule is CCCn1cc(C(=O)CSc2ncn[nH]2)c2ccccc21. The summed E-state index contributed by atoms with van der Waals surface area (Å²) in [6, 6.07) is 8.05. The van der Waals surface area contributed by atoms with Crippen LogP contribution in [-0.4, -0.2) is 31.3 Å². The van der Waals surface area contributed by atoms with Crippen LogP contribution in [0.25, 0.3) is 10.9 Å². The number of carbonyl (C=O) groups excluding carboxylic acids is 1. The van der Waals surface area contributed by atoms with E-state index in [0.29, 0.717) is 10.9 Å². The second kappa shape index (κ2) is 6.13. The highest BCUT2D eigenvalue weighted by molar-refractivity contribution is 7.99. The first-order chi connectivity index (χ1) is 10.3. The van der Waals surface area contributed by atoms with Crippen molar-refractivity contribution in [2.45, 2.75) is 25.0 Å². The zero-order valence-corrected chi connectivity index (χ0v) is 12.6. The molecule has 2 heterocycles. The lowest BCUT2D eigenvalue weighted by Crippen LogP contribution is -2.02. The van der Waals surface area contributed by atoms with Crippen molar-refractivity contribution in [2.24, 2.45) is 0 Å². The zero-order chi connectivity index (χ0) is 14.7. The summed E-state index contributed by atoms with van der Waals surface area (Å²) >= 11 is 1.37. The maximum atomic E-state index is 12.5. The second-order valence-electron chi connectivity index (χ2n) is 4.76. The summed E-state index contributed by atoms with van der Waals surface area (Å²) in [6.45, 7) is 3.05. The molecular formula is C15H16N4OS. The number of hydrogen-bond donors (Lipinski definition) is 1. The fraction of sp³-hybridized carbons (Fsp3) is 0.267. The summed E-state index contributed by atoms with van der Waals surface area (Å²) in [5.41, 5.74) is 1.90. The van der Waals surface area contributed by atoms with Gasteiger partial charge in [-0.3, -0.25) is 9.89 Å². The quantitative estimate of drug-likeness (QED) is 0.561. The maximum absolute atomic E-state index is 12.5. The molecule has 0 bridgehead atoms. The van der Waals surface area contributed by atoms with Gasteiger partial charge in [0.25, 0.3) is 0 Å². The maximum Gasteiger partial charge on any atom is 0.183 e. The molecule has 0 unspecified atom stereocenters. The average Bonchev–Trinajstić information content (AvgIpc) is 3.14. The van der Waals surface area contributed by atoms with Crippen molar-refractivity contribution in [3.8, 4) is 0 Å². The van der Waals surface area contributed by atoms with E-state index in [9.17, 15) is 4.79 Å². The van der Waals surface area contributed by atoms with Crippen LogP contribution in [0.3, 0.4) is 0 Å². The molecule has 6 heteroatoms. The van der Waals surface area contributed by atoms with E-state index in [2.05, 4.69) is 32.7 Å². The van der Waals surface area contributed by atoms with Crippen molar-refractivity contribution < 1.29 is 4.79 Å². The molecule has 1 N–H and O–H groups in total. The number of nitrogens with zero attached hydrogens (tertiary/aromatic N) is 3. The predicted octanol–water partition coefficient (Wildman–Crippen LogP) is 3.14. The van der Waals surface area contributed by atoms with Gasteiger partial charge in [-0.25, -0.2) is 4.98 Å². The Labute approximate surface area is 126 Å². The number of rotatable bonds is 6. The monoisotopic (exact) mass is 300 g/mol. The highest BCUT2D eigenvalue weighted by atomic mass is 32.2. The molecule has 0 atom stereocenters. The number of fused-ring (bicyclic) bond motifs is 1. The van der Waals surface area contributed by atoms with Gasteiger partial charge in [-0.15, -0.1) is 0 Å². The highest BCUT2D eigenvalue weighted by Gasteiger charge is 2.15. The minimum absolute atomic E-state index is 0.113. The van der Waals surface area contributed by atoms with Gasteiger partial charge in [0.1, 0.15) is 6.33 Å². The van der Waals surface area contributed by atoms with Gasteiger partial charge in [0.15, 0.2) is 10.9 Å². The zero-order valence-electron chi connectivity index (χ0n) is 11.7. The van der Waals surface area contributed by atoms with Gasteiger partial charge in [0, 0.05) is 29.2 Å². The summed E-state index contributed by atoms with van der Waals surface area (Å²) in [6.07, 6.45) is 4.45. The smallest absolute Gasteiger partial charge is 0.183 e. The molecule has 108 valence electrons. The van der Waals surface area contributed by atoms with Gasteiger partial charge < -0.3 is 4.57 Å². The summed E-state index contributed by atoms with van der Waals surface area (Å²) in [5.74, 6) is 0.470. The third-order valence-corrected chi connectivity index (χ3v) is 4.16. The Balaban J connectivity index is 1.87. The second-order valence-corrected chi connectivity index (χ2v) is 5.72. The average molecular weight is 300 g/mol. The Morgan fingerprint density at radius 2 is 2.24 bits per heavy atom. The van der Waals surface area contributed by atoms with Crippen molar-refractivity contribution in [3.05, 3.63) is 42.4 Å². The van der Waals surface area contributed by atoms with Crippen molar-refractivity contribution in [1.29, 1.82) is 0 Å². The van der Waals surface area contributed by atoms with E-state index in [1.54, 1.807) is 0 Å². The summed E-state index contributed by atoms with van der Waals surface area (Å²) < 4.78 is 2.15. The molecule has 2 aromatic heterocycles. The Bertz CT molecular complexity index is 748. The van der Waals surface area contributed by atoms with Crippen LogP contribution >= 0.6 is 11.8 Å². The molecule has 5 nitrogen and oxygen atoms in total. The fourth-order valence-electron chi connectivity index (χ4n) is 2.37. The molecule has 0 aliphatic rings. The first kappa shape index (κ1) is 13.9. The number of hydrogen-bond acceptors (Lipinski definition) is 4. The highest BCUT2D eigenvalue weighted by Crippen LogP contribution is 2.24. The van der Waals surface area contributed by atoms with Gasteiger partial charge in [0.05, 0.1) is 5.75 Å². The van der Waals surface area contributed by atoms with E-state index in [-0.39, 0.29) is 5.78 Å². The minimum atomic E-state index is 0.113. The van der Waals surface area contributed by atoms with Crippen molar-refractivity contribution >= 4 is 28.4 Å². The molecule has 3 aromatic rings. The van der Waals surface area contributed by atoms with Gasteiger partial charge in [-0.05, 0) is 12.5 Å². The number of nitrogens with one attached hydrogen (secondary N) is 1. The van der Waals surface area contributed by atoms with Crippen molar-refractivity contribution in [3.63, 3.8) is 0 Å². The summed E-state index contributed by atoms with van der Waals surface area (Å²) in [5, 5.41) is 8.22. The number of aromatic nitrogens is 4. The number of H-pyrrole nitrogens is 1. The number of Topliss-reactive ketones (excluding diaryl/α,β-unsaturated/α-hetero) is 1. The van der Waals surface area contributed by atoms with E-state index < -0.39 is 0 Å². The van der Waals surface area contributed by atoms with Crippen LogP contribution < -0.4 is 0 Å². The molecule has 21 heavy (non-hydrogen) atoms. The third kappa shape index (κ3) is 2.85. The Kier molecular flexibility index (Phi) is 4.06. The number of ketones is 1. The lowest BCUT2D eigenvalue weighted by Gasteiger charge is -2.00. The van der Waals surface area contributed by atoms with E-state index in [4.69, 9.17) is 0 Å². The lowest BCUT2D eigenvalue weighted by molar-refractivity contribution is 0.102. The topological polar surface area (TPSA) is 63.6 Å². The summed E-state index contributed by atoms with van der Waals surface area (Å²) in [7, 11) is 0. The Morgan fingerprint density at radius 3 is 3.00 bits per heavy atom. The number of aromatic amines is 1. The van der Waals surface area contributed by atoms with Crippen molar-refractivity contribution in [2.75, 3.05) is 5.75 Å². The summed E-state index contributed by atoms with van der Waals surface area (Å²) in [4.78, 5) is 16.5. The predicted molar refractivity (Wildman–Crippen MR) is 83.7 cm³/mol. The van der Waals surface area contributed by atoms with Gasteiger partial charge in [-0.2, -0.15) is 5.10 Å². The molecule has 0 aliphatic carbocycles. The molecule has 0 fully saturated rings. The number of para-hydroxylation sites is 1. The van der Waals surface area contributed by atoms with Crippen LogP contribution in [0.1, 0.15) is 23.7 Å². The molecule has 0 saturated carbocycles. The molecule has 0 aliphatic heterocycles. The Morgan fingerprint density at radius 1 is 1.38 bits per heavy atom. The molecule has 3 rings (SSSR count). The minimum Gasteiger partial charge on any atom is -0.347 e. The van der Waals surface area contributed by atoms with Gasteiger partial charge in [0.2, 0.25) is 0 Å². The Hall–Kier alpha value is -2.08. The largest absolute Gasteiger partial charge is 0.347 e. The van der Waals surface area contributed by atoms with Crippen LogP contribution in [0.5, 0.6) is 0 Å². The van der Waals surface area contributed by atoms with E-state index in [0.717, 1.165) is 29.4 Å². The van der Waals surface area contributed by atoms with Crippen molar-refractivity contribution in [1.82, 2.24) is 19.7 Å². The first-order valence-corrected chi connectivity index (χ1v) is 7.87. The lowest BCUT2D eigenvalue weighted by atomic mass is 10.1. The van der Waals surface area contributed by atoms with E-state index >= 15 is 0 Å². The van der Waals surface area contributed by atoms with E-state index in [1.165, 1.54) is 18.1 Å². The molecule has 0 spiro atoms. The number of benzene rings is 1. The third-order valence-electron chi connectivity index (χ3n) is 3.29. The van der Waals surface area contributed by atoms with E-state index in [1.807, 2.05) is 24.4 Å². The van der Waals surface area contributed by atoms with Crippen LogP contribution in [0, 0.1) is 0 Å². The fourth-order valence-corrected chi connectivity index (χ4v) is 3.03. The standard InChI is InChI=1S/C15H16N4OS/c1-2-7-19-8-12(11-5-3-4-6-13(11)19)14(20)9-21-15-16-10-17-18-15/h3-6,8,10H,2,7,9H2,1H3,(H,16,17,18). The first-order valence-electron chi connectivity index (χ1n) is 6.89. The number of carbonyl (C=O) groups is 1. The number of aryl methyl sites for hydroxylation is 1. The normalized spacial score (nSPS) is 11.1. The van der Waals surface area contributed by atoms with Gasteiger partial charge >= 0.3 is 0 Å². The van der Waals surface area contributed by atoms with Crippen LogP contribution in [0.15, 0.2) is 41.9 Å². The number of thioether (sulfide) groups is 1. The molecular weight excluding hydrogens is 284 g/mol. The van der Waals surface area contributed by atoms with Gasteiger partial charge in [-0.1, -0.05) is 36.9 Å². The van der Waals surface area contributed by atoms with Crippen LogP contribution in [-0.2, 0) is 6.54 Å². The molecule has 1 aromatic carbocycles. The van der Waals surface area contributed by atoms with Crippen LogP contribution in [0.4, 0.5) is 0 Å². The molecule has 0 saturated heterocycles. The molecule has 0 radical (unpaired) electrons.